The van der Waals surface area contributed by atoms with Gasteiger partial charge in [0.25, 0.3) is 0 Å². The van der Waals surface area contributed by atoms with Crippen LogP contribution >= 0.6 is 0 Å². The zero-order valence-electron chi connectivity index (χ0n) is 33.9. The van der Waals surface area contributed by atoms with Crippen LogP contribution in [-0.4, -0.2) is 0 Å². The Kier molecular flexibility index (Phi) is 8.59. The second-order valence-electron chi connectivity index (χ2n) is 16.6. The van der Waals surface area contributed by atoms with E-state index in [-0.39, 0.29) is 0 Å². The summed E-state index contributed by atoms with van der Waals surface area (Å²) in [6.45, 7) is 0. The molecule has 1 fully saturated rings. The van der Waals surface area contributed by atoms with Crippen LogP contribution in [0.15, 0.2) is 203 Å². The van der Waals surface area contributed by atoms with Crippen LogP contribution in [0.2, 0.25) is 0 Å². The summed E-state index contributed by atoms with van der Waals surface area (Å²) in [5.74, 6) is 0.565. The first kappa shape index (κ1) is 35.6. The van der Waals surface area contributed by atoms with E-state index in [0.717, 1.165) is 83.2 Å². The fraction of sp³-hybridized carbons (Fsp3) is 0.103. The summed E-state index contributed by atoms with van der Waals surface area (Å²) in [6, 6.07) is 70.5. The summed E-state index contributed by atoms with van der Waals surface area (Å²) in [4.78, 5) is 2.49. The molecule has 0 spiro atoms. The third-order valence-electron chi connectivity index (χ3n) is 13.1. The molecule has 3 heteroatoms. The SMILES string of the molecule is c1cc(-c2cccc3oc4ccccc4c23)cc(N(c2ccccc2-c2ccc3oc4ccccc4c3c2)c2ccccc2-c2cccc3cccc(C4CCCCC4)c23)c1. The van der Waals surface area contributed by atoms with Crippen molar-refractivity contribution in [3.8, 4) is 33.4 Å². The van der Waals surface area contributed by atoms with Crippen molar-refractivity contribution in [3.63, 3.8) is 0 Å². The highest BCUT2D eigenvalue weighted by Crippen LogP contribution is 2.49. The van der Waals surface area contributed by atoms with E-state index in [4.69, 9.17) is 8.83 Å². The van der Waals surface area contributed by atoms with Crippen molar-refractivity contribution in [1.29, 1.82) is 0 Å². The highest BCUT2D eigenvalue weighted by Gasteiger charge is 2.25. The molecule has 3 nitrogen and oxygen atoms in total. The Morgan fingerprint density at radius 2 is 0.967 bits per heavy atom. The van der Waals surface area contributed by atoms with Gasteiger partial charge < -0.3 is 13.7 Å². The van der Waals surface area contributed by atoms with Crippen molar-refractivity contribution < 1.29 is 8.83 Å². The number of rotatable bonds is 7. The summed E-state index contributed by atoms with van der Waals surface area (Å²) in [6.07, 6.45) is 6.42. The third kappa shape index (κ3) is 6.03. The molecule has 2 aromatic heterocycles. The lowest BCUT2D eigenvalue weighted by molar-refractivity contribution is 0.445. The van der Waals surface area contributed by atoms with Gasteiger partial charge in [-0.2, -0.15) is 0 Å². The normalized spacial score (nSPS) is 13.5. The predicted octanol–water partition coefficient (Wildman–Crippen LogP) is 17.2. The molecule has 1 aliphatic rings. The Hall–Kier alpha value is -7.36. The van der Waals surface area contributed by atoms with Gasteiger partial charge in [0.15, 0.2) is 0 Å². The van der Waals surface area contributed by atoms with Crippen molar-refractivity contribution >= 4 is 71.7 Å². The first-order chi connectivity index (χ1) is 30.3. The van der Waals surface area contributed by atoms with Gasteiger partial charge in [-0.1, -0.05) is 159 Å². The molecule has 0 unspecified atom stereocenters. The molecule has 1 aliphatic carbocycles. The number of nitrogens with zero attached hydrogens (tertiary/aromatic N) is 1. The highest BCUT2D eigenvalue weighted by molar-refractivity contribution is 6.13. The molecule has 2 heterocycles. The average molecular weight is 786 g/mol. The van der Waals surface area contributed by atoms with Crippen molar-refractivity contribution in [2.24, 2.45) is 0 Å². The monoisotopic (exact) mass is 785 g/mol. The topological polar surface area (TPSA) is 29.5 Å². The smallest absolute Gasteiger partial charge is 0.136 e. The Morgan fingerprint density at radius 1 is 0.377 bits per heavy atom. The molecule has 11 aromatic rings. The van der Waals surface area contributed by atoms with Gasteiger partial charge in [0.1, 0.15) is 22.3 Å². The summed E-state index contributed by atoms with van der Waals surface area (Å²) in [5.41, 5.74) is 15.4. The zero-order chi connectivity index (χ0) is 40.3. The van der Waals surface area contributed by atoms with Gasteiger partial charge in [0, 0.05) is 38.4 Å². The highest BCUT2D eigenvalue weighted by atomic mass is 16.3. The lowest BCUT2D eigenvalue weighted by atomic mass is 9.80. The van der Waals surface area contributed by atoms with Crippen molar-refractivity contribution in [3.05, 3.63) is 200 Å². The molecule has 1 saturated carbocycles. The van der Waals surface area contributed by atoms with Crippen LogP contribution < -0.4 is 4.90 Å². The molecular formula is C58H43NO2. The van der Waals surface area contributed by atoms with E-state index < -0.39 is 0 Å². The molecule has 292 valence electrons. The molecule has 0 saturated heterocycles. The minimum atomic E-state index is 0.565. The fourth-order valence-corrected chi connectivity index (χ4v) is 10.3. The van der Waals surface area contributed by atoms with Gasteiger partial charge in [0.05, 0.1) is 11.4 Å². The maximum absolute atomic E-state index is 6.38. The number of hydrogen-bond acceptors (Lipinski definition) is 3. The minimum Gasteiger partial charge on any atom is -0.456 e. The largest absolute Gasteiger partial charge is 0.456 e. The van der Waals surface area contributed by atoms with Gasteiger partial charge >= 0.3 is 0 Å². The molecule has 9 aromatic carbocycles. The second kappa shape index (κ2) is 14.7. The van der Waals surface area contributed by atoms with E-state index >= 15 is 0 Å². The molecule has 0 aliphatic heterocycles. The number of benzene rings is 9. The number of furan rings is 2. The summed E-state index contributed by atoms with van der Waals surface area (Å²) < 4.78 is 12.7. The number of hydrogen-bond donors (Lipinski definition) is 0. The Balaban J connectivity index is 1.11. The maximum Gasteiger partial charge on any atom is 0.136 e. The Morgan fingerprint density at radius 3 is 1.82 bits per heavy atom. The van der Waals surface area contributed by atoms with Crippen LogP contribution in [0.4, 0.5) is 17.1 Å². The van der Waals surface area contributed by atoms with E-state index in [9.17, 15) is 0 Å². The van der Waals surface area contributed by atoms with E-state index in [1.54, 1.807) is 0 Å². The molecule has 0 amide bonds. The van der Waals surface area contributed by atoms with Crippen molar-refractivity contribution in [2.45, 2.75) is 38.0 Å². The predicted molar refractivity (Wildman–Crippen MR) is 255 cm³/mol. The van der Waals surface area contributed by atoms with Crippen LogP contribution in [0.1, 0.15) is 43.6 Å². The second-order valence-corrected chi connectivity index (χ2v) is 16.6. The lowest BCUT2D eigenvalue weighted by Gasteiger charge is -2.31. The number of anilines is 3. The van der Waals surface area contributed by atoms with Crippen molar-refractivity contribution in [2.75, 3.05) is 4.90 Å². The van der Waals surface area contributed by atoms with Gasteiger partial charge in [-0.3, -0.25) is 0 Å². The summed E-state index contributed by atoms with van der Waals surface area (Å²) >= 11 is 0. The average Bonchev–Trinajstić information content (AvgIpc) is 3.90. The molecule has 12 rings (SSSR count). The Bertz CT molecular complexity index is 3430. The van der Waals surface area contributed by atoms with Crippen LogP contribution in [0.3, 0.4) is 0 Å². The Labute approximate surface area is 355 Å². The fourth-order valence-electron chi connectivity index (χ4n) is 10.3. The van der Waals surface area contributed by atoms with Crippen LogP contribution in [0, 0.1) is 0 Å². The zero-order valence-corrected chi connectivity index (χ0v) is 33.9. The van der Waals surface area contributed by atoms with E-state index in [0.29, 0.717) is 5.92 Å². The molecule has 61 heavy (non-hydrogen) atoms. The van der Waals surface area contributed by atoms with E-state index in [1.165, 1.54) is 59.6 Å². The van der Waals surface area contributed by atoms with Crippen LogP contribution in [-0.2, 0) is 0 Å². The number of para-hydroxylation sites is 4. The first-order valence-electron chi connectivity index (χ1n) is 21.7. The van der Waals surface area contributed by atoms with Crippen molar-refractivity contribution in [1.82, 2.24) is 0 Å². The summed E-state index contributed by atoms with van der Waals surface area (Å²) in [5, 5.41) is 7.17. The third-order valence-corrected chi connectivity index (χ3v) is 13.1. The molecule has 0 bridgehead atoms. The quantitative estimate of drug-likeness (QED) is 0.161. The molecule has 0 atom stereocenters. The maximum atomic E-state index is 6.38. The standard InChI is InChI=1S/C58H43NO2/c1-2-16-38(17-3-1)44-26-13-18-39-19-14-28-48(57(39)44)46-23-5-9-30-52(46)59(42-21-12-20-40(36-42)45-27-15-33-56-58(45)49-25-7-11-32-54(49)61-56)51-29-8-4-22-43(51)41-34-35-55-50(37-41)47-24-6-10-31-53(47)60-55/h4-15,18-38H,1-3,16-17H2. The number of fused-ring (bicyclic) bond motifs is 7. The van der Waals surface area contributed by atoms with Crippen LogP contribution in [0.25, 0.3) is 88.0 Å². The lowest BCUT2D eigenvalue weighted by Crippen LogP contribution is -2.13. The van der Waals surface area contributed by atoms with Gasteiger partial charge in [-0.25, -0.2) is 0 Å². The van der Waals surface area contributed by atoms with E-state index in [1.807, 2.05) is 12.1 Å². The minimum absolute atomic E-state index is 0.565. The van der Waals surface area contributed by atoms with E-state index in [2.05, 4.69) is 187 Å². The first-order valence-corrected chi connectivity index (χ1v) is 21.7. The van der Waals surface area contributed by atoms with Crippen LogP contribution in [0.5, 0.6) is 0 Å². The molecule has 0 radical (unpaired) electrons. The van der Waals surface area contributed by atoms with Gasteiger partial charge in [-0.15, -0.1) is 0 Å². The van der Waals surface area contributed by atoms with Gasteiger partial charge in [-0.05, 0) is 112 Å². The summed E-state index contributed by atoms with van der Waals surface area (Å²) in [7, 11) is 0. The van der Waals surface area contributed by atoms with Gasteiger partial charge in [0.2, 0.25) is 0 Å². The molecular weight excluding hydrogens is 743 g/mol. The molecule has 0 N–H and O–H groups in total.